The van der Waals surface area contributed by atoms with Gasteiger partial charge in [0, 0.05) is 27.3 Å². The average molecular weight is 304 g/mol. The minimum atomic E-state index is -0.708. The fourth-order valence-electron chi connectivity index (χ4n) is 3.08. The molecule has 0 radical (unpaired) electrons. The van der Waals surface area contributed by atoms with E-state index < -0.39 is 4.87 Å². The summed E-state index contributed by atoms with van der Waals surface area (Å²) in [6, 6.07) is 0. The molecule has 5 atom stereocenters. The Labute approximate surface area is 113 Å². The average Bonchev–Trinajstić information content (AvgIpc) is 2.53. The van der Waals surface area contributed by atoms with Crippen molar-refractivity contribution in [2.75, 3.05) is 0 Å². The van der Waals surface area contributed by atoms with E-state index in [1.807, 2.05) is 6.08 Å². The van der Waals surface area contributed by atoms with Gasteiger partial charge in [-0.05, 0) is 18.4 Å². The quantitative estimate of drug-likeness (QED) is 0.571. The molecule has 3 aliphatic carbocycles. The Balaban J connectivity index is 2.22. The van der Waals surface area contributed by atoms with Crippen LogP contribution < -0.4 is 0 Å². The summed E-state index contributed by atoms with van der Waals surface area (Å²) in [6.45, 7) is 0. The van der Waals surface area contributed by atoms with Crippen molar-refractivity contribution in [2.45, 2.75) is 16.7 Å². The fourth-order valence-corrected chi connectivity index (χ4v) is 5.40. The third kappa shape index (κ3) is 1.18. The number of halogens is 5. The molecule has 15 heavy (non-hydrogen) atoms. The predicted octanol–water partition coefficient (Wildman–Crippen LogP) is 4.66. The molecule has 0 aliphatic heterocycles. The van der Waals surface area contributed by atoms with Gasteiger partial charge in [0.15, 0.2) is 0 Å². The van der Waals surface area contributed by atoms with Gasteiger partial charge in [0.2, 0.25) is 0 Å². The van der Waals surface area contributed by atoms with E-state index in [0.29, 0.717) is 15.1 Å². The minimum Gasteiger partial charge on any atom is -0.122 e. The van der Waals surface area contributed by atoms with Crippen molar-refractivity contribution in [3.05, 3.63) is 21.2 Å². The number of hydrogen-bond acceptors (Lipinski definition) is 0. The number of alkyl halides is 2. The molecule has 0 aromatic rings. The van der Waals surface area contributed by atoms with Crippen molar-refractivity contribution in [1.29, 1.82) is 0 Å². The van der Waals surface area contributed by atoms with Gasteiger partial charge in [-0.1, -0.05) is 34.8 Å². The number of allylic oxidation sites excluding steroid dienone is 4. The summed E-state index contributed by atoms with van der Waals surface area (Å²) in [7, 11) is 0. The van der Waals surface area contributed by atoms with Gasteiger partial charge in [-0.3, -0.25) is 0 Å². The smallest absolute Gasteiger partial charge is 0.104 e. The lowest BCUT2D eigenvalue weighted by molar-refractivity contribution is 0.391. The van der Waals surface area contributed by atoms with Gasteiger partial charge in [0.25, 0.3) is 0 Å². The molecule has 3 rings (SSSR count). The molecule has 5 unspecified atom stereocenters. The molecule has 1 saturated carbocycles. The second kappa shape index (κ2) is 3.23. The zero-order valence-corrected chi connectivity index (χ0v) is 11.3. The van der Waals surface area contributed by atoms with Crippen LogP contribution in [0.1, 0.15) is 6.42 Å². The van der Waals surface area contributed by atoms with E-state index in [-0.39, 0.29) is 23.1 Å². The zero-order valence-electron chi connectivity index (χ0n) is 7.48. The summed E-state index contributed by atoms with van der Waals surface area (Å²) < 4.78 is 0. The van der Waals surface area contributed by atoms with Crippen LogP contribution in [0.4, 0.5) is 0 Å². The standard InChI is InChI=1S/C10H7Cl5/c11-4-1-3-6-7(4)5(12)2-10(3,15)9(14)8(6)13/h2-4,6-7H,1H2. The van der Waals surface area contributed by atoms with Crippen molar-refractivity contribution in [3.8, 4) is 0 Å². The molecular weight excluding hydrogens is 297 g/mol. The normalized spacial score (nSPS) is 52.5. The highest BCUT2D eigenvalue weighted by atomic mass is 35.5. The maximum atomic E-state index is 6.51. The minimum absolute atomic E-state index is 0.0166. The van der Waals surface area contributed by atoms with E-state index >= 15 is 0 Å². The van der Waals surface area contributed by atoms with Crippen LogP contribution in [0.25, 0.3) is 0 Å². The topological polar surface area (TPSA) is 0 Å². The van der Waals surface area contributed by atoms with E-state index in [0.717, 1.165) is 6.42 Å². The first-order valence-corrected chi connectivity index (χ1v) is 6.68. The first-order valence-electron chi connectivity index (χ1n) is 4.73. The van der Waals surface area contributed by atoms with Crippen LogP contribution in [-0.2, 0) is 0 Å². The first-order chi connectivity index (χ1) is 6.97. The highest BCUT2D eigenvalue weighted by Gasteiger charge is 2.62. The Morgan fingerprint density at radius 2 is 1.87 bits per heavy atom. The molecule has 5 heteroatoms. The summed E-state index contributed by atoms with van der Waals surface area (Å²) in [5, 5.41) is 1.90. The monoisotopic (exact) mass is 302 g/mol. The van der Waals surface area contributed by atoms with Crippen LogP contribution in [0.5, 0.6) is 0 Å². The molecule has 0 nitrogen and oxygen atoms in total. The van der Waals surface area contributed by atoms with Gasteiger partial charge in [-0.2, -0.15) is 0 Å². The fraction of sp³-hybridized carbons (Fsp3) is 0.600. The lowest BCUT2D eigenvalue weighted by Crippen LogP contribution is -2.32. The highest BCUT2D eigenvalue weighted by molar-refractivity contribution is 6.47. The zero-order chi connectivity index (χ0) is 11.0. The summed E-state index contributed by atoms with van der Waals surface area (Å²) in [6.07, 6.45) is 2.64. The first kappa shape index (κ1) is 11.0. The molecule has 0 saturated heterocycles. The number of rotatable bonds is 0. The van der Waals surface area contributed by atoms with Crippen LogP contribution in [0.3, 0.4) is 0 Å². The molecule has 4 bridgehead atoms. The second-order valence-electron chi connectivity index (χ2n) is 4.37. The van der Waals surface area contributed by atoms with Crippen molar-refractivity contribution in [2.24, 2.45) is 17.8 Å². The summed E-state index contributed by atoms with van der Waals surface area (Å²) >= 11 is 31.4. The van der Waals surface area contributed by atoms with E-state index in [2.05, 4.69) is 0 Å². The largest absolute Gasteiger partial charge is 0.122 e. The summed E-state index contributed by atoms with van der Waals surface area (Å²) in [5.41, 5.74) is 0. The molecular formula is C10H7Cl5. The van der Waals surface area contributed by atoms with Gasteiger partial charge in [-0.15, -0.1) is 23.2 Å². The molecule has 0 spiro atoms. The Morgan fingerprint density at radius 3 is 2.53 bits per heavy atom. The highest BCUT2D eigenvalue weighted by Crippen LogP contribution is 2.66. The molecule has 0 N–H and O–H groups in total. The van der Waals surface area contributed by atoms with Crippen molar-refractivity contribution in [3.63, 3.8) is 0 Å². The molecule has 1 fully saturated rings. The predicted molar refractivity (Wildman–Crippen MR) is 66.0 cm³/mol. The van der Waals surface area contributed by atoms with Crippen LogP contribution in [0.15, 0.2) is 21.2 Å². The molecule has 0 heterocycles. The SMILES string of the molecule is ClC1=CC2(Cl)C(Cl)=C(Cl)C3C1C(Cl)CC32. The van der Waals surface area contributed by atoms with E-state index in [1.165, 1.54) is 0 Å². The summed E-state index contributed by atoms with van der Waals surface area (Å²) in [4.78, 5) is -0.708. The molecule has 0 aromatic carbocycles. The maximum Gasteiger partial charge on any atom is 0.104 e. The van der Waals surface area contributed by atoms with Gasteiger partial charge in [-0.25, -0.2) is 0 Å². The maximum absolute atomic E-state index is 6.51. The van der Waals surface area contributed by atoms with E-state index in [4.69, 9.17) is 58.0 Å². The van der Waals surface area contributed by atoms with Crippen molar-refractivity contribution in [1.82, 2.24) is 0 Å². The third-order valence-electron chi connectivity index (χ3n) is 3.73. The Morgan fingerprint density at radius 1 is 1.20 bits per heavy atom. The van der Waals surface area contributed by atoms with Crippen LogP contribution >= 0.6 is 58.0 Å². The molecule has 3 aliphatic rings. The van der Waals surface area contributed by atoms with Gasteiger partial charge in [0.1, 0.15) is 4.87 Å². The van der Waals surface area contributed by atoms with Gasteiger partial charge in [0.05, 0.1) is 5.03 Å². The van der Waals surface area contributed by atoms with Gasteiger partial charge >= 0.3 is 0 Å². The molecule has 82 valence electrons. The Kier molecular flexibility index (Phi) is 2.38. The third-order valence-corrected chi connectivity index (χ3v) is 6.27. The van der Waals surface area contributed by atoms with Gasteiger partial charge < -0.3 is 0 Å². The van der Waals surface area contributed by atoms with Crippen molar-refractivity contribution < 1.29 is 0 Å². The number of hydrogen-bond donors (Lipinski definition) is 0. The van der Waals surface area contributed by atoms with E-state index in [1.54, 1.807) is 0 Å². The van der Waals surface area contributed by atoms with E-state index in [9.17, 15) is 0 Å². The lowest BCUT2D eigenvalue weighted by Gasteiger charge is -2.31. The molecule has 0 amide bonds. The summed E-state index contributed by atoms with van der Waals surface area (Å²) in [5.74, 6) is 0.416. The van der Waals surface area contributed by atoms with Crippen molar-refractivity contribution >= 4 is 58.0 Å². The Bertz CT molecular complexity index is 399. The van der Waals surface area contributed by atoms with Crippen LogP contribution in [0.2, 0.25) is 0 Å². The van der Waals surface area contributed by atoms with Crippen LogP contribution in [0, 0.1) is 17.8 Å². The lowest BCUT2D eigenvalue weighted by atomic mass is 9.82. The second-order valence-corrected chi connectivity index (χ2v) is 6.78. The van der Waals surface area contributed by atoms with Crippen LogP contribution in [-0.4, -0.2) is 10.3 Å². The Hall–Kier alpha value is 0.930. The molecule has 0 aromatic heterocycles.